The molecule has 4 heterocycles. The van der Waals surface area contributed by atoms with Crippen LogP contribution in [-0.2, 0) is 88.2 Å². The largest absolute Gasteiger partial charge is 0.508 e. The highest BCUT2D eigenvalue weighted by Crippen LogP contribution is 2.36. The fraction of sp³-hybridized carbons (Fsp3) is 0.570. The lowest BCUT2D eigenvalue weighted by Gasteiger charge is -2.40. The maximum atomic E-state index is 14.9. The molecule has 684 valence electrons. The Labute approximate surface area is 732 Å². The maximum Gasteiger partial charge on any atom is 0.426 e. The van der Waals surface area contributed by atoms with Gasteiger partial charge in [0, 0.05) is 75.2 Å². The van der Waals surface area contributed by atoms with Crippen LogP contribution in [0.15, 0.2) is 78.4 Å². The molecule has 6 aromatic rings. The monoisotopic (exact) mass is 1760 g/mol. The number of ether oxygens (including phenoxy) is 7. The number of nitrogens with two attached hydrogens (primary N) is 2. The highest BCUT2D eigenvalue weighted by Gasteiger charge is 2.40. The summed E-state index contributed by atoms with van der Waals surface area (Å²) >= 11 is 1.29. The number of aromatic hydroxyl groups is 1. The van der Waals surface area contributed by atoms with Crippen LogP contribution < -0.4 is 69.6 Å². The molecule has 0 spiro atoms. The second kappa shape index (κ2) is 51.8. The second-order valence-corrected chi connectivity index (χ2v) is 32.6. The Morgan fingerprint density at radius 1 is 0.696 bits per heavy atom. The molecule has 39 heteroatoms. The number of carbonyl (C=O) groups excluding carboxylic acids is 11. The van der Waals surface area contributed by atoms with E-state index in [4.69, 9.17) is 49.6 Å². The molecule has 9 atom stereocenters. The van der Waals surface area contributed by atoms with E-state index in [-0.39, 0.29) is 183 Å². The summed E-state index contributed by atoms with van der Waals surface area (Å²) in [6.07, 6.45) is 5.49. The molecule has 1 unspecified atom stereocenters. The summed E-state index contributed by atoms with van der Waals surface area (Å²) in [4.78, 5) is 171. The van der Waals surface area contributed by atoms with Crippen molar-refractivity contribution in [2.75, 3.05) is 97.1 Å². The number of phenols is 1. The second-order valence-electron chi connectivity index (χ2n) is 31.7. The number of imidazole rings is 1. The van der Waals surface area contributed by atoms with Crippen molar-refractivity contribution >= 4 is 99.6 Å². The van der Waals surface area contributed by atoms with Gasteiger partial charge in [-0.25, -0.2) is 29.8 Å². The molecule has 8 rings (SSSR count). The van der Waals surface area contributed by atoms with Crippen LogP contribution in [0.1, 0.15) is 194 Å². The number of likely N-dealkylation sites (N-methyl/N-ethyl adjacent to an activating group) is 1. The van der Waals surface area contributed by atoms with E-state index in [9.17, 15) is 57.8 Å². The number of primary amides is 1. The number of hydrogen-bond donors (Lipinski definition) is 14. The zero-order valence-electron chi connectivity index (χ0n) is 72.9. The molecule has 3 aromatic heterocycles. The predicted octanol–water partition coefficient (Wildman–Crippen LogP) is 6.87. The van der Waals surface area contributed by atoms with Crippen molar-refractivity contribution in [1.82, 2.24) is 82.8 Å². The number of amides is 12. The van der Waals surface area contributed by atoms with Crippen molar-refractivity contribution in [1.29, 1.82) is 0 Å². The molecular formula is C86H125N19O19S. The number of rotatable bonds is 51. The number of anilines is 2. The van der Waals surface area contributed by atoms with Crippen molar-refractivity contribution in [3.8, 4) is 11.6 Å². The van der Waals surface area contributed by atoms with Gasteiger partial charge in [-0.1, -0.05) is 111 Å². The van der Waals surface area contributed by atoms with E-state index in [1.54, 1.807) is 49.6 Å². The molecule has 125 heavy (non-hydrogen) atoms. The summed E-state index contributed by atoms with van der Waals surface area (Å²) in [5, 5.41) is 35.2. The number of aromatic amines is 1. The van der Waals surface area contributed by atoms with Gasteiger partial charge in [0.05, 0.1) is 57.9 Å². The van der Waals surface area contributed by atoms with Crippen molar-refractivity contribution in [3.05, 3.63) is 117 Å². The van der Waals surface area contributed by atoms with Gasteiger partial charge in [0.25, 0.3) is 5.91 Å². The van der Waals surface area contributed by atoms with Gasteiger partial charge in [0.1, 0.15) is 60.5 Å². The van der Waals surface area contributed by atoms with E-state index in [0.717, 1.165) is 43.4 Å². The number of thiazole rings is 1. The van der Waals surface area contributed by atoms with Crippen molar-refractivity contribution < 1.29 is 91.0 Å². The number of urea groups is 1. The number of aromatic nitrogens is 5. The molecule has 0 bridgehead atoms. The van der Waals surface area contributed by atoms with Gasteiger partial charge >= 0.3 is 18.2 Å². The number of nitrogen functional groups attached to an aromatic ring is 1. The van der Waals surface area contributed by atoms with E-state index >= 15 is 0 Å². The normalized spacial score (nSPS) is 15.9. The Bertz CT molecular complexity index is 4480. The molecule has 1 saturated heterocycles. The summed E-state index contributed by atoms with van der Waals surface area (Å²) in [6.45, 7) is 18.8. The van der Waals surface area contributed by atoms with Gasteiger partial charge in [-0.15, -0.1) is 11.3 Å². The van der Waals surface area contributed by atoms with Crippen molar-refractivity contribution in [3.63, 3.8) is 0 Å². The lowest BCUT2D eigenvalue weighted by atomic mass is 9.79. The molecule has 3 aromatic carbocycles. The standard InChI is InChI=1S/C86H125N19O19S/c1-10-33-105(82(114)72(54(8)12-3)99-78(112)66-18-13-14-34-104(66)9)67(52(4)5)46-68(121-35-11-2)81-97-65(50-125-81)77(111)95-60-43-58-27-30-61(106)45-62(58)63(44-60)75(109)102-103-86(117)122-42-41-120-40-39-119-38-37-118-36-32-90-85(116)124-49-57-25-28-59(29-26-57)94-76(110)64(17-16-31-89-84(88)115)96-79(113)71(53(6)7)98-70(108)20-15-19-69(107)91-47-55-21-23-56(24-22-55)48-123-80-73-74(93-51-92-73)100-83(87)101-80/h21-30,45,50-54,60,63-64,66-68,71-72,106H,10-20,31-44,46-49H2,1-9H3,(H,90,116)(H,91,107)(H,94,110)(H,95,111)(H,96,113)(H,98,108)(H,99,112)(H,102,109)(H,103,117)(H3,88,89,115)(H3,87,92,93,100,101)/t54-,60?,63+,64-,66+,67+,68+,71-,72-/m0/s1. The molecule has 12 amide bonds. The van der Waals surface area contributed by atoms with E-state index in [2.05, 4.69) is 92.1 Å². The molecule has 0 radical (unpaired) electrons. The number of likely N-dealkylation sites (tertiary alicyclic amines) is 1. The number of alkyl carbamates (subject to hydrolysis) is 1. The lowest BCUT2D eigenvalue weighted by Crippen LogP contribution is -2.58. The van der Waals surface area contributed by atoms with E-state index in [1.807, 2.05) is 63.9 Å². The molecule has 38 nitrogen and oxygen atoms in total. The number of nitrogens with one attached hydrogen (secondary N) is 11. The number of carbonyl (C=O) groups is 11. The number of nitrogens with zero attached hydrogens (tertiary/aromatic N) is 6. The summed E-state index contributed by atoms with van der Waals surface area (Å²) in [5.74, 6) is -4.45. The van der Waals surface area contributed by atoms with Gasteiger partial charge in [-0.2, -0.15) is 9.97 Å². The van der Waals surface area contributed by atoms with Crippen molar-refractivity contribution in [2.45, 2.75) is 213 Å². The van der Waals surface area contributed by atoms with Crippen LogP contribution in [-0.4, -0.2) is 228 Å². The Morgan fingerprint density at radius 3 is 2.10 bits per heavy atom. The molecule has 1 aliphatic heterocycles. The minimum absolute atomic E-state index is 0.00415. The number of fused-ring (bicyclic) bond motifs is 2. The summed E-state index contributed by atoms with van der Waals surface area (Å²) in [6, 6.07) is 13.8. The third kappa shape index (κ3) is 32.6. The van der Waals surface area contributed by atoms with Gasteiger partial charge in [0.2, 0.25) is 53.2 Å². The maximum absolute atomic E-state index is 14.9. The first-order valence-corrected chi connectivity index (χ1v) is 43.8. The van der Waals surface area contributed by atoms with Crippen LogP contribution in [0.5, 0.6) is 11.6 Å². The average molecular weight is 1760 g/mol. The summed E-state index contributed by atoms with van der Waals surface area (Å²) in [7, 11) is 1.96. The third-order valence-corrected chi connectivity index (χ3v) is 22.3. The number of H-pyrrole nitrogens is 1. The van der Waals surface area contributed by atoms with Gasteiger partial charge in [-0.3, -0.25) is 48.7 Å². The van der Waals surface area contributed by atoms with E-state index in [0.29, 0.717) is 77.4 Å². The van der Waals surface area contributed by atoms with Crippen molar-refractivity contribution in [2.24, 2.45) is 23.5 Å². The average Bonchev–Trinajstić information content (AvgIpc) is 1.20. The zero-order chi connectivity index (χ0) is 90.3. The first-order chi connectivity index (χ1) is 60.1. The predicted molar refractivity (Wildman–Crippen MR) is 465 cm³/mol. The molecule has 2 aliphatic rings. The van der Waals surface area contributed by atoms with Crippen LogP contribution in [0, 0.1) is 17.8 Å². The number of hydrogen-bond acceptors (Lipinski definition) is 26. The first kappa shape index (κ1) is 99.0. The Kier molecular flexibility index (Phi) is 41.0. The highest BCUT2D eigenvalue weighted by atomic mass is 32.1. The first-order valence-electron chi connectivity index (χ1n) is 43.0. The quantitative estimate of drug-likeness (QED) is 0.0137. The topological polar surface area (TPSA) is 519 Å². The van der Waals surface area contributed by atoms with Crippen LogP contribution in [0.25, 0.3) is 11.2 Å². The number of phenolic OH excluding ortho intramolecular Hbond substituents is 1. The zero-order valence-corrected chi connectivity index (χ0v) is 73.7. The van der Waals surface area contributed by atoms with Crippen LogP contribution in [0.3, 0.4) is 0 Å². The number of benzene rings is 3. The Morgan fingerprint density at radius 2 is 1.40 bits per heavy atom. The summed E-state index contributed by atoms with van der Waals surface area (Å²) < 4.78 is 39.5. The van der Waals surface area contributed by atoms with Gasteiger partial charge < -0.3 is 102 Å². The van der Waals surface area contributed by atoms with Gasteiger partial charge in [-0.05, 0) is 141 Å². The number of piperidine rings is 1. The van der Waals surface area contributed by atoms with Crippen LogP contribution in [0.4, 0.5) is 26.0 Å². The Hall–Kier alpha value is -11.4. The van der Waals surface area contributed by atoms with E-state index in [1.165, 1.54) is 29.8 Å². The molecule has 16 N–H and O–H groups in total. The molecule has 1 aliphatic carbocycles. The smallest absolute Gasteiger partial charge is 0.426 e. The Balaban J connectivity index is 0.671. The third-order valence-electron chi connectivity index (χ3n) is 21.3. The van der Waals surface area contributed by atoms with E-state index < -0.39 is 89.9 Å². The van der Waals surface area contributed by atoms with Gasteiger partial charge in [0.15, 0.2) is 11.2 Å². The molecular weight excluding hydrogens is 1640 g/mol. The SMILES string of the molecule is CCCO[C@H](C[C@H](C(C)C)N(CCC)C(=O)[C@@H](NC(=O)[C@H]1CCCCN1C)[C@@H](C)CC)c1nc(C(=O)NC2Cc3ccc(O)cc3[C@H](C(=O)NNC(=O)OCCOCCOCCOCCNC(=O)OCc3ccc(NC(=O)[C@H](CCCNC(N)=O)NC(=O)[C@@H](NC(=O)CCCC(=O)NCc4ccc(COc5nc(N)nc6[nH]cnc56)cc4)C(C)C)cc3)C2)cs1. The minimum Gasteiger partial charge on any atom is -0.508 e. The fourth-order valence-corrected chi connectivity index (χ4v) is 15.2. The van der Waals surface area contributed by atoms with Crippen LogP contribution >= 0.6 is 11.3 Å². The van der Waals surface area contributed by atoms with Crippen LogP contribution in [0.2, 0.25) is 0 Å². The minimum atomic E-state index is -1.11. The molecule has 0 saturated carbocycles. The lowest BCUT2D eigenvalue weighted by molar-refractivity contribution is -0.143. The fourth-order valence-electron chi connectivity index (χ4n) is 14.4. The summed E-state index contributed by atoms with van der Waals surface area (Å²) in [5.41, 5.74) is 20.7. The molecule has 1 fully saturated rings. The highest BCUT2D eigenvalue weighted by molar-refractivity contribution is 7.09. The number of hydrazine groups is 1.